The predicted octanol–water partition coefficient (Wildman–Crippen LogP) is 4.84. The van der Waals surface area contributed by atoms with Crippen LogP contribution in [0.1, 0.15) is 24.2 Å². The van der Waals surface area contributed by atoms with Gasteiger partial charge in [0.05, 0.1) is 0 Å². The van der Waals surface area contributed by atoms with Gasteiger partial charge in [-0.15, -0.1) is 11.3 Å². The first kappa shape index (κ1) is 23.1. The Hall–Kier alpha value is -4.11. The molecule has 1 aliphatic heterocycles. The van der Waals surface area contributed by atoms with Gasteiger partial charge in [0.15, 0.2) is 18.1 Å². The fourth-order valence-electron chi connectivity index (χ4n) is 3.27. The summed E-state index contributed by atoms with van der Waals surface area (Å²) < 4.78 is 15.9. The Bertz CT molecular complexity index is 1260. The molecule has 3 aromatic rings. The Morgan fingerprint density at radius 1 is 1.03 bits per heavy atom. The molecule has 0 atom stereocenters. The molecule has 0 unspecified atom stereocenters. The van der Waals surface area contributed by atoms with Crippen LogP contribution in [0.3, 0.4) is 0 Å². The number of nitrogens with one attached hydrogen (secondary N) is 2. The molecule has 2 amide bonds. The number of hydrogen-bond acceptors (Lipinski definition) is 7. The molecule has 4 rings (SSSR count). The van der Waals surface area contributed by atoms with Gasteiger partial charge >= 0.3 is 5.97 Å². The van der Waals surface area contributed by atoms with E-state index in [0.717, 1.165) is 11.1 Å². The number of fused-ring (bicyclic) bond motifs is 1. The van der Waals surface area contributed by atoms with Crippen LogP contribution in [-0.4, -0.2) is 31.2 Å². The number of anilines is 2. The van der Waals surface area contributed by atoms with E-state index in [4.69, 9.17) is 14.2 Å². The van der Waals surface area contributed by atoms with Crippen molar-refractivity contribution in [2.45, 2.75) is 13.8 Å². The third-order valence-electron chi connectivity index (χ3n) is 4.73. The van der Waals surface area contributed by atoms with Crippen LogP contribution >= 0.6 is 11.3 Å². The van der Waals surface area contributed by atoms with Crippen LogP contribution in [0.5, 0.6) is 11.5 Å². The zero-order chi connectivity index (χ0) is 24.1. The highest BCUT2D eigenvalue weighted by atomic mass is 32.1. The molecule has 0 bridgehead atoms. The van der Waals surface area contributed by atoms with Crippen LogP contribution in [0.25, 0.3) is 11.1 Å². The maximum atomic E-state index is 13.0. The lowest BCUT2D eigenvalue weighted by Crippen LogP contribution is -2.21. The zero-order valence-corrected chi connectivity index (χ0v) is 19.4. The van der Waals surface area contributed by atoms with E-state index in [1.807, 2.05) is 30.3 Å². The Morgan fingerprint density at radius 3 is 2.56 bits per heavy atom. The van der Waals surface area contributed by atoms with E-state index in [1.165, 1.54) is 17.4 Å². The number of amides is 2. The van der Waals surface area contributed by atoms with Gasteiger partial charge in [-0.25, -0.2) is 4.79 Å². The van der Waals surface area contributed by atoms with Crippen LogP contribution < -0.4 is 20.1 Å². The number of esters is 1. The SMILES string of the molecule is CC(C)=CC(=O)Nc1scc(-c2ccccc2)c1C(=O)OCC(=O)Nc1ccc2c(c1)OCO2. The number of thiophene rings is 1. The fourth-order valence-corrected chi connectivity index (χ4v) is 4.23. The summed E-state index contributed by atoms with van der Waals surface area (Å²) in [7, 11) is 0. The molecule has 0 saturated carbocycles. The summed E-state index contributed by atoms with van der Waals surface area (Å²) in [5.41, 5.74) is 2.90. The molecular weight excluding hydrogens is 456 g/mol. The molecule has 1 aliphatic rings. The van der Waals surface area contributed by atoms with Crippen molar-refractivity contribution in [3.8, 4) is 22.6 Å². The van der Waals surface area contributed by atoms with Crippen LogP contribution in [-0.2, 0) is 14.3 Å². The highest BCUT2D eigenvalue weighted by Crippen LogP contribution is 2.36. The van der Waals surface area contributed by atoms with E-state index in [-0.39, 0.29) is 18.3 Å². The number of carbonyl (C=O) groups excluding carboxylic acids is 3. The highest BCUT2D eigenvalue weighted by molar-refractivity contribution is 7.15. The number of benzene rings is 2. The Labute approximate surface area is 200 Å². The molecule has 174 valence electrons. The average molecular weight is 479 g/mol. The van der Waals surface area contributed by atoms with Gasteiger partial charge in [-0.3, -0.25) is 9.59 Å². The molecule has 0 saturated heterocycles. The molecule has 8 nitrogen and oxygen atoms in total. The van der Waals surface area contributed by atoms with Gasteiger partial charge in [-0.05, 0) is 31.5 Å². The Balaban J connectivity index is 1.49. The second-order valence-corrected chi connectivity index (χ2v) is 8.50. The predicted molar refractivity (Wildman–Crippen MR) is 129 cm³/mol. The van der Waals surface area contributed by atoms with E-state index in [0.29, 0.717) is 27.8 Å². The maximum Gasteiger partial charge on any atom is 0.342 e. The first-order chi connectivity index (χ1) is 16.4. The molecule has 2 N–H and O–H groups in total. The van der Waals surface area contributed by atoms with Crippen molar-refractivity contribution >= 4 is 39.8 Å². The lowest BCUT2D eigenvalue weighted by molar-refractivity contribution is -0.119. The second kappa shape index (κ2) is 10.2. The summed E-state index contributed by atoms with van der Waals surface area (Å²) in [6, 6.07) is 14.3. The van der Waals surface area contributed by atoms with Crippen molar-refractivity contribution in [3.63, 3.8) is 0 Å². The van der Waals surface area contributed by atoms with Crippen molar-refractivity contribution in [1.82, 2.24) is 0 Å². The molecule has 0 spiro atoms. The molecule has 1 aromatic heterocycles. The smallest absolute Gasteiger partial charge is 0.342 e. The van der Waals surface area contributed by atoms with Gasteiger partial charge in [0, 0.05) is 28.8 Å². The normalized spacial score (nSPS) is 11.5. The number of allylic oxidation sites excluding steroid dienone is 1. The number of carbonyl (C=O) groups is 3. The van der Waals surface area contributed by atoms with Crippen LogP contribution in [0, 0.1) is 0 Å². The summed E-state index contributed by atoms with van der Waals surface area (Å²) >= 11 is 1.21. The standard InChI is InChI=1S/C25H22N2O6S/c1-15(2)10-21(28)27-24-23(18(13-34-24)16-6-4-3-5-7-16)25(30)31-12-22(29)26-17-8-9-19-20(11-17)33-14-32-19/h3-11,13H,12,14H2,1-2H3,(H,26,29)(H,27,28). The third-order valence-corrected chi connectivity index (χ3v) is 5.62. The average Bonchev–Trinajstić information content (AvgIpc) is 3.44. The molecule has 9 heteroatoms. The lowest BCUT2D eigenvalue weighted by atomic mass is 10.0. The Morgan fingerprint density at radius 2 is 1.79 bits per heavy atom. The molecule has 0 fully saturated rings. The van der Waals surface area contributed by atoms with Gasteiger partial charge in [0.2, 0.25) is 12.7 Å². The molecule has 34 heavy (non-hydrogen) atoms. The lowest BCUT2D eigenvalue weighted by Gasteiger charge is -2.10. The van der Waals surface area contributed by atoms with Gasteiger partial charge < -0.3 is 24.8 Å². The summed E-state index contributed by atoms with van der Waals surface area (Å²) in [6.45, 7) is 3.23. The summed E-state index contributed by atoms with van der Waals surface area (Å²) in [6.07, 6.45) is 1.44. The summed E-state index contributed by atoms with van der Waals surface area (Å²) in [5.74, 6) is -0.460. The van der Waals surface area contributed by atoms with Gasteiger partial charge in [-0.2, -0.15) is 0 Å². The van der Waals surface area contributed by atoms with Gasteiger partial charge in [-0.1, -0.05) is 35.9 Å². The zero-order valence-electron chi connectivity index (χ0n) is 18.5. The molecule has 0 aliphatic carbocycles. The second-order valence-electron chi connectivity index (χ2n) is 7.62. The molecule has 0 radical (unpaired) electrons. The molecule has 2 heterocycles. The van der Waals surface area contributed by atoms with Gasteiger partial charge in [0.1, 0.15) is 10.6 Å². The minimum atomic E-state index is -0.714. The van der Waals surface area contributed by atoms with Crippen molar-refractivity contribution in [2.75, 3.05) is 24.0 Å². The first-order valence-corrected chi connectivity index (χ1v) is 11.3. The van der Waals surface area contributed by atoms with E-state index in [1.54, 1.807) is 37.4 Å². The molecule has 2 aromatic carbocycles. The minimum absolute atomic E-state index is 0.126. The quantitative estimate of drug-likeness (QED) is 0.372. The van der Waals surface area contributed by atoms with Crippen LogP contribution in [0.15, 0.2) is 65.6 Å². The summed E-state index contributed by atoms with van der Waals surface area (Å²) in [4.78, 5) is 37.7. The minimum Gasteiger partial charge on any atom is -0.454 e. The summed E-state index contributed by atoms with van der Waals surface area (Å²) in [5, 5.41) is 7.52. The first-order valence-electron chi connectivity index (χ1n) is 10.4. The van der Waals surface area contributed by atoms with Crippen LogP contribution in [0.2, 0.25) is 0 Å². The Kier molecular flexibility index (Phi) is 6.93. The number of hydrogen-bond donors (Lipinski definition) is 2. The molecular formula is C25H22N2O6S. The third kappa shape index (κ3) is 5.44. The highest BCUT2D eigenvalue weighted by Gasteiger charge is 2.23. The van der Waals surface area contributed by atoms with E-state index in [9.17, 15) is 14.4 Å². The largest absolute Gasteiger partial charge is 0.454 e. The van der Waals surface area contributed by atoms with Crippen LogP contribution in [0.4, 0.5) is 10.7 Å². The van der Waals surface area contributed by atoms with E-state index < -0.39 is 18.5 Å². The monoisotopic (exact) mass is 478 g/mol. The number of ether oxygens (including phenoxy) is 3. The fraction of sp³-hybridized carbons (Fsp3) is 0.160. The van der Waals surface area contributed by atoms with Crippen molar-refractivity contribution in [3.05, 3.63) is 71.1 Å². The maximum absolute atomic E-state index is 13.0. The van der Waals surface area contributed by atoms with E-state index >= 15 is 0 Å². The van der Waals surface area contributed by atoms with Crippen molar-refractivity contribution < 1.29 is 28.6 Å². The van der Waals surface area contributed by atoms with Gasteiger partial charge in [0.25, 0.3) is 5.91 Å². The van der Waals surface area contributed by atoms with Crippen molar-refractivity contribution in [2.24, 2.45) is 0 Å². The van der Waals surface area contributed by atoms with Crippen molar-refractivity contribution in [1.29, 1.82) is 0 Å². The topological polar surface area (TPSA) is 103 Å². The number of rotatable bonds is 7. The van der Waals surface area contributed by atoms with E-state index in [2.05, 4.69) is 10.6 Å².